The molecule has 1 fully saturated rings. The van der Waals surface area contributed by atoms with Crippen LogP contribution in [0.1, 0.15) is 12.5 Å². The van der Waals surface area contributed by atoms with Gasteiger partial charge < -0.3 is 14.1 Å². The second-order valence-electron chi connectivity index (χ2n) is 5.72. The number of carbonyl (C=O) groups excluding carboxylic acids is 1. The summed E-state index contributed by atoms with van der Waals surface area (Å²) in [5.41, 5.74) is 0.751. The Morgan fingerprint density at radius 3 is 2.75 bits per heavy atom. The van der Waals surface area contributed by atoms with Crippen LogP contribution in [-0.2, 0) is 4.79 Å². The van der Waals surface area contributed by atoms with Crippen LogP contribution in [0.15, 0.2) is 27.4 Å². The molecule has 3 rings (SSSR count). The van der Waals surface area contributed by atoms with Crippen molar-refractivity contribution in [2.24, 2.45) is 0 Å². The van der Waals surface area contributed by atoms with E-state index in [1.165, 1.54) is 6.07 Å². The van der Waals surface area contributed by atoms with Crippen molar-refractivity contribution >= 4 is 40.2 Å². The minimum atomic E-state index is -0.653. The molecule has 1 aliphatic heterocycles. The minimum absolute atomic E-state index is 0.0582. The third-order valence-electron chi connectivity index (χ3n) is 3.98. The van der Waals surface area contributed by atoms with E-state index in [1.807, 2.05) is 18.7 Å². The molecule has 0 radical (unpaired) electrons. The Bertz CT molecular complexity index is 829. The topological polar surface area (TPSA) is 59.8 Å². The molecule has 1 unspecified atom stereocenters. The summed E-state index contributed by atoms with van der Waals surface area (Å²) in [7, 11) is 0. The van der Waals surface area contributed by atoms with Crippen LogP contribution in [0.5, 0.6) is 5.75 Å². The molecule has 0 spiro atoms. The molecule has 1 aliphatic rings. The Labute approximate surface area is 148 Å². The number of halogens is 1. The van der Waals surface area contributed by atoms with Crippen molar-refractivity contribution < 1.29 is 13.9 Å². The summed E-state index contributed by atoms with van der Waals surface area (Å²) in [5, 5.41) is 1.13. The number of nitrogens with zero attached hydrogens (tertiary/aromatic N) is 1. The van der Waals surface area contributed by atoms with Gasteiger partial charge in [-0.15, -0.1) is 0 Å². The molecule has 0 N–H and O–H groups in total. The fourth-order valence-electron chi connectivity index (χ4n) is 2.69. The van der Waals surface area contributed by atoms with E-state index >= 15 is 0 Å². The highest BCUT2D eigenvalue weighted by Gasteiger charge is 2.24. The fourth-order valence-corrected chi connectivity index (χ4v) is 3.80. The number of carbonyl (C=O) groups is 1. The van der Waals surface area contributed by atoms with Crippen molar-refractivity contribution in [3.8, 4) is 5.75 Å². The highest BCUT2D eigenvalue weighted by Crippen LogP contribution is 2.31. The van der Waals surface area contributed by atoms with Gasteiger partial charge in [-0.1, -0.05) is 11.6 Å². The van der Waals surface area contributed by atoms with Gasteiger partial charge in [0.15, 0.2) is 6.10 Å². The Morgan fingerprint density at radius 2 is 2.04 bits per heavy atom. The number of fused-ring (bicyclic) bond motifs is 1. The maximum Gasteiger partial charge on any atom is 0.336 e. The van der Waals surface area contributed by atoms with Crippen LogP contribution < -0.4 is 10.4 Å². The zero-order valence-corrected chi connectivity index (χ0v) is 15.1. The van der Waals surface area contributed by atoms with Crippen molar-refractivity contribution in [3.05, 3.63) is 39.2 Å². The van der Waals surface area contributed by atoms with Gasteiger partial charge in [0.25, 0.3) is 5.91 Å². The number of hydrogen-bond donors (Lipinski definition) is 0. The van der Waals surface area contributed by atoms with E-state index in [0.717, 1.165) is 35.5 Å². The van der Waals surface area contributed by atoms with Crippen molar-refractivity contribution in [2.45, 2.75) is 20.0 Å². The molecular formula is C17H18ClNO4S. The predicted octanol–water partition coefficient (Wildman–Crippen LogP) is 3.10. The average Bonchev–Trinajstić information content (AvgIpc) is 2.56. The second kappa shape index (κ2) is 7.07. The Balaban J connectivity index is 1.85. The van der Waals surface area contributed by atoms with Crippen LogP contribution in [0.3, 0.4) is 0 Å². The molecule has 128 valence electrons. The molecule has 1 atom stereocenters. The maximum absolute atomic E-state index is 12.5. The summed E-state index contributed by atoms with van der Waals surface area (Å²) in [6.45, 7) is 4.99. The summed E-state index contributed by atoms with van der Waals surface area (Å²) in [6, 6.07) is 4.68. The second-order valence-corrected chi connectivity index (χ2v) is 7.36. The first kappa shape index (κ1) is 17.2. The number of ether oxygens (including phenoxy) is 1. The molecule has 0 aliphatic carbocycles. The molecule has 2 heterocycles. The lowest BCUT2D eigenvalue weighted by Gasteiger charge is -2.29. The zero-order valence-electron chi connectivity index (χ0n) is 13.5. The number of rotatable bonds is 3. The van der Waals surface area contributed by atoms with Gasteiger partial charge in [-0.3, -0.25) is 4.79 Å². The molecule has 1 aromatic carbocycles. The lowest BCUT2D eigenvalue weighted by Crippen LogP contribution is -2.44. The first-order valence-corrected chi connectivity index (χ1v) is 9.26. The molecular weight excluding hydrogens is 350 g/mol. The number of benzene rings is 1. The summed E-state index contributed by atoms with van der Waals surface area (Å²) in [5.74, 6) is 2.17. The van der Waals surface area contributed by atoms with Crippen molar-refractivity contribution in [2.75, 3.05) is 24.6 Å². The fraction of sp³-hybridized carbons (Fsp3) is 0.412. The molecule has 1 amide bonds. The molecule has 1 saturated heterocycles. The Hall–Kier alpha value is -1.66. The lowest BCUT2D eigenvalue weighted by molar-refractivity contribution is -0.137. The molecule has 7 heteroatoms. The van der Waals surface area contributed by atoms with E-state index in [4.69, 9.17) is 20.8 Å². The quantitative estimate of drug-likeness (QED) is 0.780. The molecule has 0 saturated carbocycles. The Morgan fingerprint density at radius 1 is 1.33 bits per heavy atom. The molecule has 5 nitrogen and oxygen atoms in total. The van der Waals surface area contributed by atoms with Gasteiger partial charge in [-0.2, -0.15) is 11.8 Å². The van der Waals surface area contributed by atoms with Gasteiger partial charge in [-0.05, 0) is 25.5 Å². The highest BCUT2D eigenvalue weighted by molar-refractivity contribution is 7.99. The van der Waals surface area contributed by atoms with E-state index < -0.39 is 11.7 Å². The van der Waals surface area contributed by atoms with E-state index in [2.05, 4.69) is 0 Å². The largest absolute Gasteiger partial charge is 0.479 e. The zero-order chi connectivity index (χ0) is 17.3. The predicted molar refractivity (Wildman–Crippen MR) is 96.2 cm³/mol. The molecule has 2 aromatic rings. The summed E-state index contributed by atoms with van der Waals surface area (Å²) in [6.07, 6.45) is -0.653. The first-order chi connectivity index (χ1) is 11.5. The molecule has 0 bridgehead atoms. The van der Waals surface area contributed by atoms with E-state index in [9.17, 15) is 9.59 Å². The van der Waals surface area contributed by atoms with Gasteiger partial charge >= 0.3 is 5.63 Å². The van der Waals surface area contributed by atoms with Crippen molar-refractivity contribution in [1.29, 1.82) is 0 Å². The van der Waals surface area contributed by atoms with Crippen molar-refractivity contribution in [3.63, 3.8) is 0 Å². The summed E-state index contributed by atoms with van der Waals surface area (Å²) >= 11 is 8.12. The number of aryl methyl sites for hydroxylation is 1. The minimum Gasteiger partial charge on any atom is -0.479 e. The van der Waals surface area contributed by atoms with Crippen LogP contribution in [0.25, 0.3) is 11.0 Å². The van der Waals surface area contributed by atoms with Crippen LogP contribution in [0.4, 0.5) is 0 Å². The van der Waals surface area contributed by atoms with E-state index in [-0.39, 0.29) is 5.91 Å². The summed E-state index contributed by atoms with van der Waals surface area (Å²) < 4.78 is 11.0. The summed E-state index contributed by atoms with van der Waals surface area (Å²) in [4.78, 5) is 25.8. The van der Waals surface area contributed by atoms with Crippen LogP contribution in [-0.4, -0.2) is 41.5 Å². The Kier molecular flexibility index (Phi) is 5.06. The highest BCUT2D eigenvalue weighted by atomic mass is 35.5. The third-order valence-corrected chi connectivity index (χ3v) is 5.22. The van der Waals surface area contributed by atoms with E-state index in [0.29, 0.717) is 16.4 Å². The first-order valence-electron chi connectivity index (χ1n) is 7.73. The number of thioether (sulfide) groups is 1. The van der Waals surface area contributed by atoms with Crippen LogP contribution in [0.2, 0.25) is 5.02 Å². The number of hydrogen-bond acceptors (Lipinski definition) is 5. The maximum atomic E-state index is 12.5. The van der Waals surface area contributed by atoms with Gasteiger partial charge in [0, 0.05) is 42.1 Å². The van der Waals surface area contributed by atoms with Crippen LogP contribution >= 0.6 is 23.4 Å². The number of amides is 1. The average molecular weight is 368 g/mol. The normalized spacial score (nSPS) is 16.2. The SMILES string of the molecule is Cc1cc(=O)oc2cc(OC(C)C(=O)N3CCSCC3)c(Cl)cc12. The van der Waals surface area contributed by atoms with Gasteiger partial charge in [0.05, 0.1) is 5.02 Å². The van der Waals surface area contributed by atoms with Crippen LogP contribution in [0, 0.1) is 6.92 Å². The molecule has 1 aromatic heterocycles. The van der Waals surface area contributed by atoms with Gasteiger partial charge in [0.1, 0.15) is 11.3 Å². The van der Waals surface area contributed by atoms with Gasteiger partial charge in [0.2, 0.25) is 0 Å². The van der Waals surface area contributed by atoms with E-state index in [1.54, 1.807) is 24.0 Å². The van der Waals surface area contributed by atoms with Crippen molar-refractivity contribution in [1.82, 2.24) is 4.90 Å². The lowest BCUT2D eigenvalue weighted by atomic mass is 10.1. The monoisotopic (exact) mass is 367 g/mol. The smallest absolute Gasteiger partial charge is 0.336 e. The third kappa shape index (κ3) is 3.54. The molecule has 24 heavy (non-hydrogen) atoms. The standard InChI is InChI=1S/C17H18ClNO4S/c1-10-7-16(20)23-14-9-15(13(18)8-12(10)14)22-11(2)17(21)19-3-5-24-6-4-19/h7-9,11H,3-6H2,1-2H3. The van der Waals surface area contributed by atoms with Gasteiger partial charge in [-0.25, -0.2) is 4.79 Å².